The number of rotatable bonds is 5. The highest BCUT2D eigenvalue weighted by atomic mass is 35.5. The van der Waals surface area contributed by atoms with Crippen LogP contribution in [0.2, 0.25) is 5.02 Å². The third-order valence-electron chi connectivity index (χ3n) is 3.95. The first kappa shape index (κ1) is 17.9. The minimum absolute atomic E-state index is 0.118. The fourth-order valence-electron chi connectivity index (χ4n) is 2.40. The van der Waals surface area contributed by atoms with Crippen LogP contribution >= 0.6 is 11.6 Å². The fourth-order valence-corrected chi connectivity index (χ4v) is 2.58. The Labute approximate surface area is 156 Å². The van der Waals surface area contributed by atoms with E-state index in [9.17, 15) is 9.18 Å². The van der Waals surface area contributed by atoms with Crippen LogP contribution in [0.15, 0.2) is 60.8 Å². The van der Waals surface area contributed by atoms with Gasteiger partial charge in [0.25, 0.3) is 5.91 Å². The zero-order valence-electron chi connectivity index (χ0n) is 14.1. The van der Waals surface area contributed by atoms with E-state index >= 15 is 0 Å². The van der Waals surface area contributed by atoms with E-state index in [0.29, 0.717) is 22.0 Å². The van der Waals surface area contributed by atoms with E-state index < -0.39 is 0 Å². The molecule has 3 aromatic rings. The van der Waals surface area contributed by atoms with E-state index in [1.165, 1.54) is 12.3 Å². The molecule has 0 radical (unpaired) electrons. The van der Waals surface area contributed by atoms with Gasteiger partial charge in [-0.05, 0) is 42.8 Å². The molecule has 0 spiro atoms. The predicted octanol–water partition coefficient (Wildman–Crippen LogP) is 4.86. The van der Waals surface area contributed by atoms with Crippen molar-refractivity contribution in [2.75, 3.05) is 5.32 Å². The van der Waals surface area contributed by atoms with Crippen LogP contribution in [0.25, 0.3) is 0 Å². The van der Waals surface area contributed by atoms with Gasteiger partial charge < -0.3 is 10.6 Å². The Morgan fingerprint density at radius 3 is 2.65 bits per heavy atom. The van der Waals surface area contributed by atoms with Crippen LogP contribution in [0.4, 0.5) is 15.9 Å². The van der Waals surface area contributed by atoms with Gasteiger partial charge in [0.2, 0.25) is 0 Å². The van der Waals surface area contributed by atoms with Gasteiger partial charge in [-0.3, -0.25) is 4.79 Å². The summed E-state index contributed by atoms with van der Waals surface area (Å²) in [7, 11) is 0. The van der Waals surface area contributed by atoms with Gasteiger partial charge >= 0.3 is 0 Å². The van der Waals surface area contributed by atoms with Crippen molar-refractivity contribution >= 4 is 29.0 Å². The zero-order valence-corrected chi connectivity index (χ0v) is 14.8. The Morgan fingerprint density at radius 1 is 1.12 bits per heavy atom. The minimum atomic E-state index is -0.345. The number of pyridine rings is 1. The summed E-state index contributed by atoms with van der Waals surface area (Å²) in [4.78, 5) is 16.4. The summed E-state index contributed by atoms with van der Waals surface area (Å²) in [5.41, 5.74) is 2.60. The summed E-state index contributed by atoms with van der Waals surface area (Å²) in [6.45, 7) is 2.03. The van der Waals surface area contributed by atoms with E-state index in [-0.39, 0.29) is 18.3 Å². The summed E-state index contributed by atoms with van der Waals surface area (Å²) in [5, 5.41) is 6.52. The van der Waals surface area contributed by atoms with Crippen molar-refractivity contribution in [2.24, 2.45) is 0 Å². The summed E-state index contributed by atoms with van der Waals surface area (Å²) >= 11 is 6.10. The molecule has 0 atom stereocenters. The number of hydrogen-bond donors (Lipinski definition) is 2. The average molecular weight is 370 g/mol. The molecule has 0 aliphatic heterocycles. The van der Waals surface area contributed by atoms with Crippen LogP contribution < -0.4 is 10.6 Å². The number of amides is 1. The highest BCUT2D eigenvalue weighted by molar-refractivity contribution is 6.31. The number of nitrogens with zero attached hydrogens (tertiary/aromatic N) is 1. The maximum absolute atomic E-state index is 13.6. The lowest BCUT2D eigenvalue weighted by Crippen LogP contribution is -2.23. The number of anilines is 2. The summed E-state index contributed by atoms with van der Waals surface area (Å²) < 4.78 is 13.6. The Morgan fingerprint density at radius 2 is 1.92 bits per heavy atom. The van der Waals surface area contributed by atoms with Crippen molar-refractivity contribution in [1.29, 1.82) is 0 Å². The van der Waals surface area contributed by atoms with E-state index in [4.69, 9.17) is 11.6 Å². The topological polar surface area (TPSA) is 54.0 Å². The molecule has 0 saturated heterocycles. The highest BCUT2D eigenvalue weighted by Crippen LogP contribution is 2.25. The lowest BCUT2D eigenvalue weighted by Gasteiger charge is -2.10. The number of nitrogens with one attached hydrogen (secondary N) is 2. The molecule has 4 nitrogen and oxygen atoms in total. The van der Waals surface area contributed by atoms with Crippen molar-refractivity contribution < 1.29 is 9.18 Å². The van der Waals surface area contributed by atoms with Gasteiger partial charge in [-0.15, -0.1) is 0 Å². The number of carbonyl (C=O) groups excluding carboxylic acids is 1. The van der Waals surface area contributed by atoms with Gasteiger partial charge in [-0.2, -0.15) is 0 Å². The van der Waals surface area contributed by atoms with Crippen molar-refractivity contribution in [3.63, 3.8) is 0 Å². The lowest BCUT2D eigenvalue weighted by atomic mass is 10.2. The molecule has 6 heteroatoms. The second-order valence-corrected chi connectivity index (χ2v) is 6.15. The Balaban J connectivity index is 1.64. The highest BCUT2D eigenvalue weighted by Gasteiger charge is 2.09. The van der Waals surface area contributed by atoms with E-state index in [1.807, 2.05) is 25.1 Å². The molecule has 2 N–H and O–H groups in total. The van der Waals surface area contributed by atoms with Crippen LogP contribution in [0.1, 0.15) is 21.5 Å². The quantitative estimate of drug-likeness (QED) is 0.675. The first-order chi connectivity index (χ1) is 12.5. The molecule has 0 aliphatic rings. The number of carbonyl (C=O) groups is 1. The Kier molecular flexibility index (Phi) is 5.49. The summed E-state index contributed by atoms with van der Waals surface area (Å²) in [6.07, 6.45) is 1.47. The van der Waals surface area contributed by atoms with E-state index in [2.05, 4.69) is 15.6 Å². The second-order valence-electron chi connectivity index (χ2n) is 5.74. The maximum atomic E-state index is 13.6. The van der Waals surface area contributed by atoms with Crippen molar-refractivity contribution in [1.82, 2.24) is 10.3 Å². The van der Waals surface area contributed by atoms with Crippen molar-refractivity contribution in [3.05, 3.63) is 88.3 Å². The minimum Gasteiger partial charge on any atom is -0.348 e. The molecule has 0 bridgehead atoms. The molecular formula is C20H17ClFN3O. The van der Waals surface area contributed by atoms with Crippen molar-refractivity contribution in [2.45, 2.75) is 13.5 Å². The molecule has 132 valence electrons. The SMILES string of the molecule is Cc1c(Cl)cccc1Nc1ccc(C(=O)NCc2ccccc2F)cn1. The maximum Gasteiger partial charge on any atom is 0.253 e. The predicted molar refractivity (Wildman–Crippen MR) is 101 cm³/mol. The monoisotopic (exact) mass is 369 g/mol. The number of halogens is 2. The molecule has 0 aliphatic carbocycles. The van der Waals surface area contributed by atoms with Gasteiger partial charge in [0.15, 0.2) is 0 Å². The molecule has 26 heavy (non-hydrogen) atoms. The largest absolute Gasteiger partial charge is 0.348 e. The van der Waals surface area contributed by atoms with Crippen LogP contribution in [0, 0.1) is 12.7 Å². The van der Waals surface area contributed by atoms with Crippen LogP contribution in [-0.2, 0) is 6.54 Å². The van der Waals surface area contributed by atoms with Gasteiger partial charge in [-0.1, -0.05) is 35.9 Å². The normalized spacial score (nSPS) is 10.4. The third-order valence-corrected chi connectivity index (χ3v) is 4.36. The number of aromatic nitrogens is 1. The van der Waals surface area contributed by atoms with E-state index in [0.717, 1.165) is 11.3 Å². The van der Waals surface area contributed by atoms with Crippen LogP contribution in [0.5, 0.6) is 0 Å². The zero-order chi connectivity index (χ0) is 18.5. The fraction of sp³-hybridized carbons (Fsp3) is 0.100. The standard InChI is InChI=1S/C20H17ClFN3O/c1-13-16(21)6-4-8-18(13)25-19-10-9-15(12-23-19)20(26)24-11-14-5-2-3-7-17(14)22/h2-10,12H,11H2,1H3,(H,23,25)(H,24,26). The number of benzene rings is 2. The van der Waals surface area contributed by atoms with Crippen molar-refractivity contribution in [3.8, 4) is 0 Å². The van der Waals surface area contributed by atoms with Gasteiger partial charge in [0.05, 0.1) is 5.56 Å². The molecule has 1 amide bonds. The molecule has 1 aromatic heterocycles. The average Bonchev–Trinajstić information content (AvgIpc) is 2.65. The van der Waals surface area contributed by atoms with Gasteiger partial charge in [-0.25, -0.2) is 9.37 Å². The van der Waals surface area contributed by atoms with Crippen LogP contribution in [0.3, 0.4) is 0 Å². The molecule has 0 fully saturated rings. The first-order valence-electron chi connectivity index (χ1n) is 8.04. The Hall–Kier alpha value is -2.92. The Bertz CT molecular complexity index is 929. The molecule has 0 saturated carbocycles. The molecular weight excluding hydrogens is 353 g/mol. The summed E-state index contributed by atoms with van der Waals surface area (Å²) in [6, 6.07) is 15.3. The lowest BCUT2D eigenvalue weighted by molar-refractivity contribution is 0.0950. The number of hydrogen-bond acceptors (Lipinski definition) is 3. The first-order valence-corrected chi connectivity index (χ1v) is 8.42. The van der Waals surface area contributed by atoms with E-state index in [1.54, 1.807) is 30.3 Å². The van der Waals surface area contributed by atoms with Crippen LogP contribution in [-0.4, -0.2) is 10.9 Å². The molecule has 3 rings (SSSR count). The smallest absolute Gasteiger partial charge is 0.253 e. The van der Waals surface area contributed by atoms with Gasteiger partial charge in [0, 0.05) is 29.0 Å². The molecule has 1 heterocycles. The second kappa shape index (κ2) is 7.97. The van der Waals surface area contributed by atoms with Gasteiger partial charge in [0.1, 0.15) is 11.6 Å². The molecule has 0 unspecified atom stereocenters. The summed E-state index contributed by atoms with van der Waals surface area (Å²) in [5.74, 6) is -0.0605. The third kappa shape index (κ3) is 4.18. The molecule has 2 aromatic carbocycles.